The van der Waals surface area contributed by atoms with Crippen molar-refractivity contribution in [2.45, 2.75) is 6.42 Å². The van der Waals surface area contributed by atoms with Gasteiger partial charge in [0, 0.05) is 25.2 Å². The molecule has 5 heteroatoms. The van der Waals surface area contributed by atoms with E-state index in [2.05, 4.69) is 5.32 Å². The average Bonchev–Trinajstić information content (AvgIpc) is 2.67. The van der Waals surface area contributed by atoms with Crippen LogP contribution in [0.25, 0.3) is 0 Å². The number of hydrogen-bond donors (Lipinski definition) is 2. The van der Waals surface area contributed by atoms with Gasteiger partial charge in [0.05, 0.1) is 7.11 Å². The van der Waals surface area contributed by atoms with E-state index in [-0.39, 0.29) is 11.7 Å². The number of carbonyl (C=O) groups excluding carboxylic acids is 1. The summed E-state index contributed by atoms with van der Waals surface area (Å²) < 4.78 is 5.01. The van der Waals surface area contributed by atoms with Gasteiger partial charge in [-0.05, 0) is 31.2 Å². The first kappa shape index (κ1) is 12.7. The number of nitrogens with one attached hydrogen (secondary N) is 1. The SMILES string of the molecule is COc1cc(C(=O)N2CCCNCC2)ccc1O. The Hall–Kier alpha value is -1.75. The minimum absolute atomic E-state index is 0.0167. The van der Waals surface area contributed by atoms with Crippen molar-refractivity contribution in [1.82, 2.24) is 10.2 Å². The molecule has 0 bridgehead atoms. The van der Waals surface area contributed by atoms with Crippen LogP contribution in [0.15, 0.2) is 18.2 Å². The van der Waals surface area contributed by atoms with E-state index in [0.717, 1.165) is 26.1 Å². The fourth-order valence-corrected chi connectivity index (χ4v) is 2.04. The normalized spacial score (nSPS) is 16.2. The zero-order valence-corrected chi connectivity index (χ0v) is 10.5. The lowest BCUT2D eigenvalue weighted by Crippen LogP contribution is -2.34. The Morgan fingerprint density at radius 1 is 1.39 bits per heavy atom. The molecule has 98 valence electrons. The number of aromatic hydroxyl groups is 1. The van der Waals surface area contributed by atoms with Crippen LogP contribution in [0.2, 0.25) is 0 Å². The molecule has 1 aromatic rings. The van der Waals surface area contributed by atoms with Crippen LogP contribution >= 0.6 is 0 Å². The van der Waals surface area contributed by atoms with Gasteiger partial charge in [-0.3, -0.25) is 4.79 Å². The number of nitrogens with zero attached hydrogens (tertiary/aromatic N) is 1. The van der Waals surface area contributed by atoms with Gasteiger partial charge in [0.2, 0.25) is 0 Å². The lowest BCUT2D eigenvalue weighted by molar-refractivity contribution is 0.0766. The molecule has 0 aliphatic carbocycles. The van der Waals surface area contributed by atoms with Crippen LogP contribution in [0.5, 0.6) is 11.5 Å². The van der Waals surface area contributed by atoms with E-state index in [9.17, 15) is 9.90 Å². The maximum Gasteiger partial charge on any atom is 0.254 e. The highest BCUT2D eigenvalue weighted by Gasteiger charge is 2.18. The third-order valence-electron chi connectivity index (χ3n) is 3.05. The van der Waals surface area contributed by atoms with E-state index >= 15 is 0 Å². The molecule has 1 fully saturated rings. The third kappa shape index (κ3) is 2.73. The predicted molar refractivity (Wildman–Crippen MR) is 68.0 cm³/mol. The minimum atomic E-state index is -0.0167. The Kier molecular flexibility index (Phi) is 4.04. The van der Waals surface area contributed by atoms with E-state index < -0.39 is 0 Å². The number of phenolic OH excluding ortho intramolecular Hbond substituents is 1. The first-order valence-corrected chi connectivity index (χ1v) is 6.09. The number of rotatable bonds is 2. The number of amides is 1. The van der Waals surface area contributed by atoms with Gasteiger partial charge in [-0.1, -0.05) is 0 Å². The lowest BCUT2D eigenvalue weighted by Gasteiger charge is -2.20. The second-order valence-electron chi connectivity index (χ2n) is 4.28. The van der Waals surface area contributed by atoms with Crippen molar-refractivity contribution in [2.75, 3.05) is 33.3 Å². The van der Waals surface area contributed by atoms with Gasteiger partial charge >= 0.3 is 0 Å². The Balaban J connectivity index is 2.16. The van der Waals surface area contributed by atoms with Gasteiger partial charge in [-0.25, -0.2) is 0 Å². The summed E-state index contributed by atoms with van der Waals surface area (Å²) in [5, 5.41) is 12.8. The van der Waals surface area contributed by atoms with Crippen LogP contribution in [0, 0.1) is 0 Å². The summed E-state index contributed by atoms with van der Waals surface area (Å²) in [7, 11) is 1.47. The Bertz CT molecular complexity index is 426. The minimum Gasteiger partial charge on any atom is -0.504 e. The maximum absolute atomic E-state index is 12.3. The topological polar surface area (TPSA) is 61.8 Å². The molecule has 2 rings (SSSR count). The molecule has 5 nitrogen and oxygen atoms in total. The molecule has 0 saturated carbocycles. The van der Waals surface area contributed by atoms with Gasteiger partial charge < -0.3 is 20.1 Å². The molecule has 1 aromatic carbocycles. The van der Waals surface area contributed by atoms with Crippen molar-refractivity contribution in [3.05, 3.63) is 23.8 Å². The summed E-state index contributed by atoms with van der Waals surface area (Å²) in [6.45, 7) is 3.24. The molecule has 1 saturated heterocycles. The van der Waals surface area contributed by atoms with E-state index in [0.29, 0.717) is 17.9 Å². The van der Waals surface area contributed by atoms with E-state index in [1.165, 1.54) is 13.2 Å². The number of benzene rings is 1. The molecule has 1 aliphatic rings. The van der Waals surface area contributed by atoms with Crippen molar-refractivity contribution in [1.29, 1.82) is 0 Å². The molecular formula is C13H18N2O3. The zero-order chi connectivity index (χ0) is 13.0. The molecular weight excluding hydrogens is 232 g/mol. The summed E-state index contributed by atoms with van der Waals surface area (Å²) >= 11 is 0. The summed E-state index contributed by atoms with van der Waals surface area (Å²) in [5.74, 6) is 0.359. The molecule has 2 N–H and O–H groups in total. The van der Waals surface area contributed by atoms with Gasteiger partial charge in [-0.2, -0.15) is 0 Å². The molecule has 0 unspecified atom stereocenters. The summed E-state index contributed by atoms with van der Waals surface area (Å²) in [4.78, 5) is 14.1. The summed E-state index contributed by atoms with van der Waals surface area (Å²) in [5.41, 5.74) is 0.548. The highest BCUT2D eigenvalue weighted by molar-refractivity contribution is 5.95. The first-order valence-electron chi connectivity index (χ1n) is 6.09. The van der Waals surface area contributed by atoms with Crippen LogP contribution in [-0.2, 0) is 0 Å². The quantitative estimate of drug-likeness (QED) is 0.816. The molecule has 0 atom stereocenters. The molecule has 1 aliphatic heterocycles. The molecule has 0 aromatic heterocycles. The number of methoxy groups -OCH3 is 1. The third-order valence-corrected chi connectivity index (χ3v) is 3.05. The van der Waals surface area contributed by atoms with Crippen molar-refractivity contribution in [3.8, 4) is 11.5 Å². The molecule has 1 heterocycles. The van der Waals surface area contributed by atoms with E-state index in [1.54, 1.807) is 12.1 Å². The number of carbonyl (C=O) groups is 1. The van der Waals surface area contributed by atoms with Gasteiger partial charge in [0.1, 0.15) is 0 Å². The molecule has 18 heavy (non-hydrogen) atoms. The van der Waals surface area contributed by atoms with Gasteiger partial charge in [0.25, 0.3) is 5.91 Å². The van der Waals surface area contributed by atoms with Crippen molar-refractivity contribution in [2.24, 2.45) is 0 Å². The maximum atomic E-state index is 12.3. The van der Waals surface area contributed by atoms with Gasteiger partial charge in [0.15, 0.2) is 11.5 Å². The van der Waals surface area contributed by atoms with Crippen molar-refractivity contribution >= 4 is 5.91 Å². The monoisotopic (exact) mass is 250 g/mol. The summed E-state index contributed by atoms with van der Waals surface area (Å²) in [6.07, 6.45) is 0.959. The van der Waals surface area contributed by atoms with Crippen molar-refractivity contribution in [3.63, 3.8) is 0 Å². The number of phenols is 1. The zero-order valence-electron chi connectivity index (χ0n) is 10.5. The predicted octanol–water partition coefficient (Wildman–Crippen LogP) is 0.836. The van der Waals surface area contributed by atoms with E-state index in [4.69, 9.17) is 4.74 Å². The van der Waals surface area contributed by atoms with Crippen LogP contribution in [0.4, 0.5) is 0 Å². The standard InChI is InChI=1S/C13H18N2O3/c1-18-12-9-10(3-4-11(12)16)13(17)15-7-2-5-14-6-8-15/h3-4,9,14,16H,2,5-8H2,1H3. The Labute approximate surface area is 106 Å². The van der Waals surface area contributed by atoms with E-state index in [1.807, 2.05) is 4.90 Å². The van der Waals surface area contributed by atoms with Crippen LogP contribution < -0.4 is 10.1 Å². The van der Waals surface area contributed by atoms with Crippen LogP contribution in [0.1, 0.15) is 16.8 Å². The highest BCUT2D eigenvalue weighted by Crippen LogP contribution is 2.26. The van der Waals surface area contributed by atoms with Crippen molar-refractivity contribution < 1.29 is 14.6 Å². The first-order chi connectivity index (χ1) is 8.72. The molecule has 0 radical (unpaired) electrons. The smallest absolute Gasteiger partial charge is 0.254 e. The number of ether oxygens (including phenoxy) is 1. The highest BCUT2D eigenvalue weighted by atomic mass is 16.5. The largest absolute Gasteiger partial charge is 0.504 e. The Morgan fingerprint density at radius 3 is 3.00 bits per heavy atom. The lowest BCUT2D eigenvalue weighted by atomic mass is 10.1. The Morgan fingerprint density at radius 2 is 2.22 bits per heavy atom. The molecule has 0 spiro atoms. The fourth-order valence-electron chi connectivity index (χ4n) is 2.04. The second-order valence-corrected chi connectivity index (χ2v) is 4.28. The van der Waals surface area contributed by atoms with Gasteiger partial charge in [-0.15, -0.1) is 0 Å². The summed E-state index contributed by atoms with van der Waals surface area (Å²) in [6, 6.07) is 4.69. The molecule has 1 amide bonds. The van der Waals surface area contributed by atoms with Crippen LogP contribution in [0.3, 0.4) is 0 Å². The second kappa shape index (κ2) is 5.73. The number of hydrogen-bond acceptors (Lipinski definition) is 4. The fraction of sp³-hybridized carbons (Fsp3) is 0.462. The van der Waals surface area contributed by atoms with Crippen LogP contribution in [-0.4, -0.2) is 49.2 Å². The average molecular weight is 250 g/mol.